The van der Waals surface area contributed by atoms with Crippen molar-refractivity contribution >= 4 is 34.8 Å². The monoisotopic (exact) mass is 400 g/mol. The van der Waals surface area contributed by atoms with Gasteiger partial charge in [-0.25, -0.2) is 0 Å². The van der Waals surface area contributed by atoms with Gasteiger partial charge in [0.1, 0.15) is 0 Å². The maximum Gasteiger partial charge on any atom is 0.258 e. The molecule has 0 bridgehead atoms. The molecule has 3 aromatic rings. The van der Waals surface area contributed by atoms with Crippen LogP contribution < -0.4 is 10.6 Å². The molecule has 2 heterocycles. The van der Waals surface area contributed by atoms with Gasteiger partial charge in [-0.15, -0.1) is 0 Å². The number of hydrogen-bond donors (Lipinski definition) is 2. The SMILES string of the molecule is O=C(Nc1ccc2c(c1)CCNC2)c1cnn(Cc2ccc(Cl)c(Cl)c2)c1. The second-order valence-corrected chi connectivity index (χ2v) is 7.35. The Labute approximate surface area is 167 Å². The summed E-state index contributed by atoms with van der Waals surface area (Å²) in [6.45, 7) is 2.35. The van der Waals surface area contributed by atoms with E-state index in [1.807, 2.05) is 18.2 Å². The predicted octanol–water partition coefficient (Wildman–Crippen LogP) is 4.14. The van der Waals surface area contributed by atoms with Gasteiger partial charge in [0.25, 0.3) is 5.91 Å². The number of carbonyl (C=O) groups excluding carboxylic acids is 1. The molecule has 1 aromatic heterocycles. The van der Waals surface area contributed by atoms with E-state index in [0.717, 1.165) is 30.8 Å². The zero-order chi connectivity index (χ0) is 18.8. The van der Waals surface area contributed by atoms with Crippen molar-refractivity contribution < 1.29 is 4.79 Å². The first kappa shape index (κ1) is 18.0. The first-order valence-corrected chi connectivity index (χ1v) is 9.44. The van der Waals surface area contributed by atoms with Gasteiger partial charge < -0.3 is 10.6 Å². The number of amides is 1. The molecule has 2 aromatic carbocycles. The van der Waals surface area contributed by atoms with Crippen LogP contribution in [0.3, 0.4) is 0 Å². The van der Waals surface area contributed by atoms with Gasteiger partial charge in [0.2, 0.25) is 0 Å². The van der Waals surface area contributed by atoms with Crippen LogP contribution in [-0.2, 0) is 19.5 Å². The van der Waals surface area contributed by atoms with Crippen LogP contribution in [0, 0.1) is 0 Å². The lowest BCUT2D eigenvalue weighted by Crippen LogP contribution is -2.23. The first-order valence-electron chi connectivity index (χ1n) is 8.69. The van der Waals surface area contributed by atoms with Crippen LogP contribution in [0.5, 0.6) is 0 Å². The molecule has 0 spiro atoms. The summed E-state index contributed by atoms with van der Waals surface area (Å²) in [4.78, 5) is 12.5. The van der Waals surface area contributed by atoms with Crippen molar-refractivity contribution in [1.82, 2.24) is 15.1 Å². The molecule has 2 N–H and O–H groups in total. The van der Waals surface area contributed by atoms with E-state index < -0.39 is 0 Å². The van der Waals surface area contributed by atoms with E-state index in [0.29, 0.717) is 22.2 Å². The minimum absolute atomic E-state index is 0.177. The molecule has 0 atom stereocenters. The Morgan fingerprint density at radius 2 is 2.04 bits per heavy atom. The first-order chi connectivity index (χ1) is 13.1. The smallest absolute Gasteiger partial charge is 0.258 e. The quantitative estimate of drug-likeness (QED) is 0.691. The molecule has 138 valence electrons. The van der Waals surface area contributed by atoms with E-state index in [-0.39, 0.29) is 5.91 Å². The van der Waals surface area contributed by atoms with Crippen LogP contribution in [0.15, 0.2) is 48.8 Å². The zero-order valence-corrected chi connectivity index (χ0v) is 16.0. The molecule has 0 unspecified atom stereocenters. The van der Waals surface area contributed by atoms with Gasteiger partial charge in [0, 0.05) is 18.4 Å². The van der Waals surface area contributed by atoms with E-state index in [2.05, 4.69) is 21.8 Å². The van der Waals surface area contributed by atoms with E-state index >= 15 is 0 Å². The van der Waals surface area contributed by atoms with Crippen molar-refractivity contribution in [2.45, 2.75) is 19.5 Å². The predicted molar refractivity (Wildman–Crippen MR) is 108 cm³/mol. The summed E-state index contributed by atoms with van der Waals surface area (Å²) >= 11 is 12.0. The van der Waals surface area contributed by atoms with Crippen molar-refractivity contribution in [2.24, 2.45) is 0 Å². The van der Waals surface area contributed by atoms with Gasteiger partial charge in [0.15, 0.2) is 0 Å². The largest absolute Gasteiger partial charge is 0.322 e. The highest BCUT2D eigenvalue weighted by Gasteiger charge is 2.13. The molecular formula is C20H18Cl2N4O. The molecule has 0 aliphatic carbocycles. The van der Waals surface area contributed by atoms with Crippen LogP contribution in [0.2, 0.25) is 10.0 Å². The van der Waals surface area contributed by atoms with Crippen molar-refractivity contribution in [1.29, 1.82) is 0 Å². The third-order valence-corrected chi connectivity index (χ3v) is 5.31. The Morgan fingerprint density at radius 1 is 1.15 bits per heavy atom. The molecule has 0 saturated heterocycles. The number of nitrogens with zero attached hydrogens (tertiary/aromatic N) is 2. The van der Waals surface area contributed by atoms with Gasteiger partial charge >= 0.3 is 0 Å². The number of anilines is 1. The summed E-state index contributed by atoms with van der Waals surface area (Å²) in [6, 6.07) is 11.5. The van der Waals surface area contributed by atoms with Gasteiger partial charge in [-0.1, -0.05) is 35.3 Å². The number of hydrogen-bond acceptors (Lipinski definition) is 3. The molecule has 5 nitrogen and oxygen atoms in total. The number of aromatic nitrogens is 2. The summed E-state index contributed by atoms with van der Waals surface area (Å²) in [5.41, 5.74) is 4.84. The Hall–Kier alpha value is -2.34. The third-order valence-electron chi connectivity index (χ3n) is 4.57. The number of rotatable bonds is 4. The molecule has 1 amide bonds. The standard InChI is InChI=1S/C20H18Cl2N4O/c21-18-4-1-13(7-19(18)22)11-26-12-16(10-24-26)20(27)25-17-3-2-15-9-23-6-5-14(15)8-17/h1-4,7-8,10,12,23H,5-6,9,11H2,(H,25,27). The van der Waals surface area contributed by atoms with Crippen LogP contribution in [-0.4, -0.2) is 22.2 Å². The van der Waals surface area contributed by atoms with Crippen molar-refractivity contribution in [3.8, 4) is 0 Å². The Balaban J connectivity index is 1.44. The number of halogens is 2. The molecule has 7 heteroatoms. The average molecular weight is 401 g/mol. The molecular weight excluding hydrogens is 383 g/mol. The zero-order valence-electron chi connectivity index (χ0n) is 14.5. The fraction of sp³-hybridized carbons (Fsp3) is 0.200. The number of benzene rings is 2. The molecule has 0 fully saturated rings. The van der Waals surface area contributed by atoms with Crippen molar-refractivity contribution in [3.05, 3.63) is 81.1 Å². The fourth-order valence-corrected chi connectivity index (χ4v) is 3.47. The number of carbonyl (C=O) groups is 1. The molecule has 0 saturated carbocycles. The Bertz CT molecular complexity index is 999. The van der Waals surface area contributed by atoms with Crippen molar-refractivity contribution in [3.63, 3.8) is 0 Å². The van der Waals surface area contributed by atoms with Crippen molar-refractivity contribution in [2.75, 3.05) is 11.9 Å². The van der Waals surface area contributed by atoms with E-state index in [1.54, 1.807) is 29.2 Å². The molecule has 27 heavy (non-hydrogen) atoms. The summed E-state index contributed by atoms with van der Waals surface area (Å²) in [6.07, 6.45) is 4.26. The van der Waals surface area contributed by atoms with Gasteiger partial charge in [-0.05, 0) is 53.9 Å². The van der Waals surface area contributed by atoms with Crippen LogP contribution in [0.25, 0.3) is 0 Å². The lowest BCUT2D eigenvalue weighted by atomic mass is 10.0. The van der Waals surface area contributed by atoms with Gasteiger partial charge in [-0.2, -0.15) is 5.10 Å². The highest BCUT2D eigenvalue weighted by Crippen LogP contribution is 2.23. The van der Waals surface area contributed by atoms with E-state index in [9.17, 15) is 4.79 Å². The third kappa shape index (κ3) is 4.16. The summed E-state index contributed by atoms with van der Waals surface area (Å²) < 4.78 is 1.70. The van der Waals surface area contributed by atoms with Crippen LogP contribution in [0.4, 0.5) is 5.69 Å². The molecule has 1 aliphatic heterocycles. The normalized spacial score (nSPS) is 13.3. The minimum Gasteiger partial charge on any atom is -0.322 e. The van der Waals surface area contributed by atoms with E-state index in [1.165, 1.54) is 11.1 Å². The summed E-state index contributed by atoms with van der Waals surface area (Å²) in [7, 11) is 0. The Kier molecular flexibility index (Phi) is 5.16. The minimum atomic E-state index is -0.177. The number of nitrogens with one attached hydrogen (secondary N) is 2. The fourth-order valence-electron chi connectivity index (χ4n) is 3.15. The lowest BCUT2D eigenvalue weighted by Gasteiger charge is -2.18. The highest BCUT2D eigenvalue weighted by atomic mass is 35.5. The Morgan fingerprint density at radius 3 is 2.89 bits per heavy atom. The topological polar surface area (TPSA) is 59.0 Å². The van der Waals surface area contributed by atoms with Crippen LogP contribution >= 0.6 is 23.2 Å². The highest BCUT2D eigenvalue weighted by molar-refractivity contribution is 6.42. The summed E-state index contributed by atoms with van der Waals surface area (Å²) in [5.74, 6) is -0.177. The lowest BCUT2D eigenvalue weighted by molar-refractivity contribution is 0.102. The van der Waals surface area contributed by atoms with E-state index in [4.69, 9.17) is 23.2 Å². The van der Waals surface area contributed by atoms with Gasteiger partial charge in [-0.3, -0.25) is 9.48 Å². The summed E-state index contributed by atoms with van der Waals surface area (Å²) in [5, 5.41) is 11.6. The van der Waals surface area contributed by atoms with Gasteiger partial charge in [0.05, 0.1) is 28.4 Å². The number of fused-ring (bicyclic) bond motifs is 1. The molecule has 4 rings (SSSR count). The molecule has 1 aliphatic rings. The maximum absolute atomic E-state index is 12.5. The van der Waals surface area contributed by atoms with Crippen LogP contribution in [0.1, 0.15) is 27.0 Å². The second kappa shape index (κ2) is 7.72. The maximum atomic E-state index is 12.5. The molecule has 0 radical (unpaired) electrons. The second-order valence-electron chi connectivity index (χ2n) is 6.54. The average Bonchev–Trinajstić information content (AvgIpc) is 3.13.